The highest BCUT2D eigenvalue weighted by Gasteiger charge is 2.08. The summed E-state index contributed by atoms with van der Waals surface area (Å²) in [6, 6.07) is 0. The Hall–Kier alpha value is -0.0800. The van der Waals surface area contributed by atoms with Gasteiger partial charge in [-0.05, 0) is 26.7 Å². The predicted molar refractivity (Wildman–Crippen MR) is 60.6 cm³/mol. The van der Waals surface area contributed by atoms with E-state index in [9.17, 15) is 0 Å². The second-order valence-electron chi connectivity index (χ2n) is 4.00. The maximum Gasteiger partial charge on any atom is 0.0809 e. The predicted octanol–water partition coefficient (Wildman–Crippen LogP) is 3.40. The summed E-state index contributed by atoms with van der Waals surface area (Å²) >= 11 is 0. The van der Waals surface area contributed by atoms with E-state index in [0.717, 1.165) is 19.6 Å². The van der Waals surface area contributed by atoms with Crippen molar-refractivity contribution in [2.75, 3.05) is 13.2 Å². The summed E-state index contributed by atoms with van der Waals surface area (Å²) in [5, 5.41) is 0. The molecule has 0 aliphatic heterocycles. The fourth-order valence-corrected chi connectivity index (χ4v) is 1.31. The van der Waals surface area contributed by atoms with E-state index in [4.69, 9.17) is 9.47 Å². The Morgan fingerprint density at radius 2 is 1.79 bits per heavy atom. The van der Waals surface area contributed by atoms with Crippen molar-refractivity contribution >= 4 is 0 Å². The molecule has 1 atom stereocenters. The van der Waals surface area contributed by atoms with Gasteiger partial charge in [0.1, 0.15) is 0 Å². The standard InChI is InChI=1S/C12H26O2/c1-5-7-8-9-13-10-12(6-2)14-11(3)4/h11-12H,5-10H2,1-4H3. The molecule has 0 saturated carbocycles. The minimum atomic E-state index is 0.275. The summed E-state index contributed by atoms with van der Waals surface area (Å²) in [5.41, 5.74) is 0. The lowest BCUT2D eigenvalue weighted by Crippen LogP contribution is -2.22. The lowest BCUT2D eigenvalue weighted by molar-refractivity contribution is -0.0461. The number of unbranched alkanes of at least 4 members (excludes halogenated alkanes) is 2. The molecule has 0 radical (unpaired) electrons. The second kappa shape index (κ2) is 9.47. The normalized spacial score (nSPS) is 13.5. The molecule has 0 spiro atoms. The van der Waals surface area contributed by atoms with Gasteiger partial charge >= 0.3 is 0 Å². The zero-order valence-corrected chi connectivity index (χ0v) is 10.2. The smallest absolute Gasteiger partial charge is 0.0809 e. The molecule has 0 aromatic heterocycles. The molecule has 0 aromatic carbocycles. The van der Waals surface area contributed by atoms with Gasteiger partial charge in [-0.15, -0.1) is 0 Å². The van der Waals surface area contributed by atoms with Crippen molar-refractivity contribution in [2.24, 2.45) is 0 Å². The fraction of sp³-hybridized carbons (Fsp3) is 1.00. The summed E-state index contributed by atoms with van der Waals surface area (Å²) in [4.78, 5) is 0. The van der Waals surface area contributed by atoms with Gasteiger partial charge in [-0.1, -0.05) is 26.7 Å². The Morgan fingerprint density at radius 3 is 2.29 bits per heavy atom. The van der Waals surface area contributed by atoms with Gasteiger partial charge in [0, 0.05) is 6.61 Å². The van der Waals surface area contributed by atoms with Crippen LogP contribution in [-0.2, 0) is 9.47 Å². The molecule has 0 amide bonds. The molecular weight excluding hydrogens is 176 g/mol. The van der Waals surface area contributed by atoms with Crippen LogP contribution in [0.1, 0.15) is 53.4 Å². The van der Waals surface area contributed by atoms with Crippen LogP contribution in [0, 0.1) is 0 Å². The molecule has 1 unspecified atom stereocenters. The average Bonchev–Trinajstić information content (AvgIpc) is 2.15. The van der Waals surface area contributed by atoms with Crippen LogP contribution < -0.4 is 0 Å². The van der Waals surface area contributed by atoms with Gasteiger partial charge in [-0.25, -0.2) is 0 Å². The molecule has 14 heavy (non-hydrogen) atoms. The zero-order valence-electron chi connectivity index (χ0n) is 10.2. The van der Waals surface area contributed by atoms with Crippen molar-refractivity contribution in [3.8, 4) is 0 Å². The minimum absolute atomic E-state index is 0.275. The van der Waals surface area contributed by atoms with Crippen molar-refractivity contribution in [3.63, 3.8) is 0 Å². The third-order valence-electron chi connectivity index (χ3n) is 2.12. The van der Waals surface area contributed by atoms with Crippen LogP contribution in [0.15, 0.2) is 0 Å². The highest BCUT2D eigenvalue weighted by Crippen LogP contribution is 2.04. The molecule has 2 heteroatoms. The van der Waals surface area contributed by atoms with Crippen molar-refractivity contribution in [2.45, 2.75) is 65.6 Å². The number of rotatable bonds is 9. The van der Waals surface area contributed by atoms with E-state index in [1.165, 1.54) is 19.3 Å². The van der Waals surface area contributed by atoms with Gasteiger partial charge in [0.25, 0.3) is 0 Å². The third kappa shape index (κ3) is 8.52. The van der Waals surface area contributed by atoms with E-state index in [-0.39, 0.29) is 6.10 Å². The van der Waals surface area contributed by atoms with Crippen molar-refractivity contribution in [1.29, 1.82) is 0 Å². The van der Waals surface area contributed by atoms with Gasteiger partial charge < -0.3 is 9.47 Å². The summed E-state index contributed by atoms with van der Waals surface area (Å²) < 4.78 is 11.2. The van der Waals surface area contributed by atoms with E-state index in [1.807, 2.05) is 0 Å². The summed E-state index contributed by atoms with van der Waals surface area (Å²) in [6.07, 6.45) is 5.31. The molecule has 86 valence electrons. The number of hydrogen-bond acceptors (Lipinski definition) is 2. The van der Waals surface area contributed by atoms with E-state index >= 15 is 0 Å². The van der Waals surface area contributed by atoms with Gasteiger partial charge in [0.2, 0.25) is 0 Å². The Labute approximate surface area is 89.0 Å². The van der Waals surface area contributed by atoms with Crippen molar-refractivity contribution < 1.29 is 9.47 Å². The molecule has 0 N–H and O–H groups in total. The van der Waals surface area contributed by atoms with Crippen LogP contribution in [0.3, 0.4) is 0 Å². The highest BCUT2D eigenvalue weighted by molar-refractivity contribution is 4.55. The molecule has 0 aromatic rings. The topological polar surface area (TPSA) is 18.5 Å². The Balaban J connectivity index is 3.33. The first-order valence-corrected chi connectivity index (χ1v) is 5.93. The summed E-state index contributed by atoms with van der Waals surface area (Å²) in [7, 11) is 0. The fourth-order valence-electron chi connectivity index (χ4n) is 1.31. The Kier molecular flexibility index (Phi) is 9.42. The van der Waals surface area contributed by atoms with E-state index < -0.39 is 0 Å². The first-order valence-electron chi connectivity index (χ1n) is 5.93. The maximum atomic E-state index is 5.68. The van der Waals surface area contributed by atoms with Crippen LogP contribution in [0.4, 0.5) is 0 Å². The van der Waals surface area contributed by atoms with Crippen LogP contribution in [0.2, 0.25) is 0 Å². The SMILES string of the molecule is CCCCCOCC(CC)OC(C)C. The monoisotopic (exact) mass is 202 g/mol. The van der Waals surface area contributed by atoms with Crippen LogP contribution in [0.5, 0.6) is 0 Å². The lowest BCUT2D eigenvalue weighted by Gasteiger charge is -2.18. The van der Waals surface area contributed by atoms with Gasteiger partial charge in [0.15, 0.2) is 0 Å². The summed E-state index contributed by atoms with van der Waals surface area (Å²) in [6.45, 7) is 10.1. The lowest BCUT2D eigenvalue weighted by atomic mass is 10.2. The van der Waals surface area contributed by atoms with Crippen LogP contribution >= 0.6 is 0 Å². The number of hydrogen-bond donors (Lipinski definition) is 0. The minimum Gasteiger partial charge on any atom is -0.379 e. The largest absolute Gasteiger partial charge is 0.379 e. The summed E-state index contributed by atoms with van der Waals surface area (Å²) in [5.74, 6) is 0. The first kappa shape index (κ1) is 13.9. The Morgan fingerprint density at radius 1 is 1.07 bits per heavy atom. The van der Waals surface area contributed by atoms with Gasteiger partial charge in [-0.2, -0.15) is 0 Å². The molecule has 0 aliphatic rings. The molecule has 0 aliphatic carbocycles. The van der Waals surface area contributed by atoms with Crippen molar-refractivity contribution in [3.05, 3.63) is 0 Å². The quantitative estimate of drug-likeness (QED) is 0.533. The van der Waals surface area contributed by atoms with E-state index in [1.54, 1.807) is 0 Å². The van der Waals surface area contributed by atoms with E-state index in [2.05, 4.69) is 27.7 Å². The Bertz CT molecular complexity index is 113. The molecule has 0 saturated heterocycles. The average molecular weight is 202 g/mol. The number of ether oxygens (including phenoxy) is 2. The second-order valence-corrected chi connectivity index (χ2v) is 4.00. The molecular formula is C12H26O2. The highest BCUT2D eigenvalue weighted by atomic mass is 16.5. The molecule has 0 rings (SSSR count). The molecule has 0 fully saturated rings. The first-order chi connectivity index (χ1) is 6.70. The van der Waals surface area contributed by atoms with Gasteiger partial charge in [-0.3, -0.25) is 0 Å². The maximum absolute atomic E-state index is 5.68. The zero-order chi connectivity index (χ0) is 10.8. The molecule has 0 bridgehead atoms. The van der Waals surface area contributed by atoms with Crippen LogP contribution in [-0.4, -0.2) is 25.4 Å². The molecule has 0 heterocycles. The van der Waals surface area contributed by atoms with E-state index in [0.29, 0.717) is 6.10 Å². The third-order valence-corrected chi connectivity index (χ3v) is 2.12. The van der Waals surface area contributed by atoms with Crippen LogP contribution in [0.25, 0.3) is 0 Å². The van der Waals surface area contributed by atoms with Gasteiger partial charge in [0.05, 0.1) is 18.8 Å². The molecule has 2 nitrogen and oxygen atoms in total. The van der Waals surface area contributed by atoms with Crippen molar-refractivity contribution in [1.82, 2.24) is 0 Å².